The first-order valence-electron chi connectivity index (χ1n) is 8.31. The van der Waals surface area contributed by atoms with E-state index in [-0.39, 0.29) is 0 Å². The lowest BCUT2D eigenvalue weighted by Crippen LogP contribution is -2.04. The van der Waals surface area contributed by atoms with Gasteiger partial charge < -0.3 is 4.57 Å². The number of benzene rings is 3. The van der Waals surface area contributed by atoms with Gasteiger partial charge in [0.15, 0.2) is 0 Å². The molecule has 2 heterocycles. The molecule has 0 saturated heterocycles. The van der Waals surface area contributed by atoms with Crippen LogP contribution in [0.15, 0.2) is 66.7 Å². The normalized spacial score (nSPS) is 12.6. The van der Waals surface area contributed by atoms with Crippen LogP contribution in [0.3, 0.4) is 0 Å². The first-order valence-corrected chi connectivity index (χ1v) is 10.9. The van der Waals surface area contributed by atoms with Crippen molar-refractivity contribution in [2.24, 2.45) is 0 Å². The Kier molecular flexibility index (Phi) is 2.90. The first-order chi connectivity index (χ1) is 12.0. The van der Waals surface area contributed by atoms with E-state index in [1.54, 1.807) is 0 Å². The number of hydrogen-bond donors (Lipinski definition) is 0. The summed E-state index contributed by atoms with van der Waals surface area (Å²) in [6.07, 6.45) is 0. The number of para-hydroxylation sites is 2. The molecule has 0 aliphatic heterocycles. The van der Waals surface area contributed by atoms with Gasteiger partial charge in [0.05, 0.1) is 16.6 Å². The minimum absolute atomic E-state index is 0.898. The summed E-state index contributed by atoms with van der Waals surface area (Å²) in [4.78, 5) is 4.88. The third kappa shape index (κ3) is 2.06. The lowest BCUT2D eigenvalue weighted by atomic mass is 10.1. The Labute approximate surface area is 145 Å². The first kappa shape index (κ1) is 14.7. The fraction of sp³-hybridized carbons (Fsp3) is 0.0952. The Hall–Kier alpha value is -2.64. The van der Waals surface area contributed by atoms with E-state index in [1.807, 2.05) is 43.7 Å². The van der Waals surface area contributed by atoms with Crippen LogP contribution in [0.25, 0.3) is 38.4 Å². The largest absolute Gasteiger partial charge is 0.319 e. The van der Waals surface area contributed by atoms with Crippen LogP contribution in [0.1, 0.15) is 0 Å². The maximum Gasteiger partial charge on any atom is 0.146 e. The molecule has 0 unspecified atom stereocenters. The summed E-state index contributed by atoms with van der Waals surface area (Å²) in [7, 11) is -2.34. The maximum atomic E-state index is 12.6. The number of aromatic nitrogens is 2. The molecule has 5 aromatic rings. The fourth-order valence-electron chi connectivity index (χ4n) is 3.63. The Balaban J connectivity index is 2.13. The molecule has 0 radical (unpaired) electrons. The second-order valence-corrected chi connectivity index (χ2v) is 10.1. The van der Waals surface area contributed by atoms with Crippen molar-refractivity contribution in [1.82, 2.24) is 9.38 Å². The summed E-state index contributed by atoms with van der Waals surface area (Å²) in [5, 5.41) is 4.36. The average Bonchev–Trinajstić information content (AvgIpc) is 3.01. The highest BCUT2D eigenvalue weighted by Gasteiger charge is 2.16. The van der Waals surface area contributed by atoms with E-state index in [9.17, 15) is 4.57 Å². The molecule has 0 fully saturated rings. The van der Waals surface area contributed by atoms with Gasteiger partial charge in [-0.25, -0.2) is 4.98 Å². The minimum atomic E-state index is -2.34. The molecule has 25 heavy (non-hydrogen) atoms. The second-order valence-electron chi connectivity index (χ2n) is 6.86. The third-order valence-corrected chi connectivity index (χ3v) is 6.38. The zero-order chi connectivity index (χ0) is 17.2. The van der Waals surface area contributed by atoms with Crippen molar-refractivity contribution >= 4 is 50.8 Å². The van der Waals surface area contributed by atoms with E-state index in [2.05, 4.69) is 40.8 Å². The zero-order valence-corrected chi connectivity index (χ0v) is 15.0. The standard InChI is InChI=1S/C21H17N2OP/c1-25(2,24)14-11-12-16-15-7-3-4-8-17(15)21-22-18-9-5-6-10-19(18)23(21)20(16)13-14/h3-13H,1-2H3. The lowest BCUT2D eigenvalue weighted by Gasteiger charge is -2.12. The fourth-order valence-corrected chi connectivity index (χ4v) is 4.50. The van der Waals surface area contributed by atoms with E-state index in [0.717, 1.165) is 38.3 Å². The molecule has 0 aliphatic rings. The quantitative estimate of drug-likeness (QED) is 0.315. The molecule has 0 aliphatic carbocycles. The molecule has 0 bridgehead atoms. The smallest absolute Gasteiger partial charge is 0.146 e. The Morgan fingerprint density at radius 3 is 2.32 bits per heavy atom. The van der Waals surface area contributed by atoms with Gasteiger partial charge in [-0.05, 0) is 36.9 Å². The van der Waals surface area contributed by atoms with Crippen LogP contribution < -0.4 is 5.30 Å². The molecule has 0 N–H and O–H groups in total. The minimum Gasteiger partial charge on any atom is -0.319 e. The van der Waals surface area contributed by atoms with Crippen LogP contribution in [-0.4, -0.2) is 22.7 Å². The molecule has 2 aromatic heterocycles. The molecule has 0 amide bonds. The molecule has 0 saturated carbocycles. The maximum absolute atomic E-state index is 12.6. The number of pyridine rings is 1. The number of fused-ring (bicyclic) bond motifs is 8. The molecule has 3 aromatic carbocycles. The third-order valence-electron chi connectivity index (χ3n) is 4.86. The van der Waals surface area contributed by atoms with Crippen molar-refractivity contribution in [3.8, 4) is 0 Å². The summed E-state index contributed by atoms with van der Waals surface area (Å²) in [6, 6.07) is 22.7. The molecule has 122 valence electrons. The van der Waals surface area contributed by atoms with Gasteiger partial charge in [-0.3, -0.25) is 4.40 Å². The van der Waals surface area contributed by atoms with Crippen molar-refractivity contribution in [2.45, 2.75) is 0 Å². The van der Waals surface area contributed by atoms with E-state index in [1.165, 1.54) is 5.39 Å². The monoisotopic (exact) mass is 344 g/mol. The van der Waals surface area contributed by atoms with Crippen molar-refractivity contribution in [2.75, 3.05) is 13.3 Å². The SMILES string of the molecule is CP(C)(=O)c1ccc2c3ccccc3c3nc4ccccc4n3c2c1. The second kappa shape index (κ2) is 4.93. The number of nitrogens with zero attached hydrogens (tertiary/aromatic N) is 2. The van der Waals surface area contributed by atoms with Gasteiger partial charge in [0.2, 0.25) is 0 Å². The number of hydrogen-bond acceptors (Lipinski definition) is 2. The van der Waals surface area contributed by atoms with Crippen molar-refractivity contribution in [3.63, 3.8) is 0 Å². The van der Waals surface area contributed by atoms with E-state index in [4.69, 9.17) is 4.98 Å². The van der Waals surface area contributed by atoms with E-state index >= 15 is 0 Å². The average molecular weight is 344 g/mol. The van der Waals surface area contributed by atoms with Crippen LogP contribution >= 0.6 is 7.14 Å². The van der Waals surface area contributed by atoms with Crippen LogP contribution in [0, 0.1) is 0 Å². The number of imidazole rings is 1. The topological polar surface area (TPSA) is 34.4 Å². The molecular formula is C21H17N2OP. The van der Waals surface area contributed by atoms with Crippen molar-refractivity contribution in [1.29, 1.82) is 0 Å². The molecule has 0 atom stereocenters. The predicted octanol–water partition coefficient (Wildman–Crippen LogP) is 5.04. The van der Waals surface area contributed by atoms with E-state index < -0.39 is 7.14 Å². The highest BCUT2D eigenvalue weighted by molar-refractivity contribution is 7.70. The van der Waals surface area contributed by atoms with Gasteiger partial charge in [-0.1, -0.05) is 48.5 Å². The zero-order valence-electron chi connectivity index (χ0n) is 14.1. The summed E-state index contributed by atoms with van der Waals surface area (Å²) >= 11 is 0. The van der Waals surface area contributed by atoms with Gasteiger partial charge in [-0.15, -0.1) is 0 Å². The van der Waals surface area contributed by atoms with E-state index in [0.29, 0.717) is 0 Å². The van der Waals surface area contributed by atoms with Gasteiger partial charge in [0.25, 0.3) is 0 Å². The van der Waals surface area contributed by atoms with Crippen molar-refractivity contribution in [3.05, 3.63) is 66.7 Å². The molecule has 4 heteroatoms. The Morgan fingerprint density at radius 1 is 0.800 bits per heavy atom. The molecule has 0 spiro atoms. The molecule has 3 nitrogen and oxygen atoms in total. The highest BCUT2D eigenvalue weighted by atomic mass is 31.2. The lowest BCUT2D eigenvalue weighted by molar-refractivity contribution is 0.588. The van der Waals surface area contributed by atoms with Gasteiger partial charge in [0, 0.05) is 16.1 Å². The summed E-state index contributed by atoms with van der Waals surface area (Å²) < 4.78 is 14.8. The predicted molar refractivity (Wildman–Crippen MR) is 107 cm³/mol. The van der Waals surface area contributed by atoms with Crippen LogP contribution in [0.4, 0.5) is 0 Å². The van der Waals surface area contributed by atoms with Crippen LogP contribution in [0.2, 0.25) is 0 Å². The highest BCUT2D eigenvalue weighted by Crippen LogP contribution is 2.37. The van der Waals surface area contributed by atoms with Gasteiger partial charge >= 0.3 is 0 Å². The van der Waals surface area contributed by atoms with Gasteiger partial charge in [0.1, 0.15) is 12.8 Å². The van der Waals surface area contributed by atoms with Crippen LogP contribution in [-0.2, 0) is 4.57 Å². The summed E-state index contributed by atoms with van der Waals surface area (Å²) in [6.45, 7) is 3.64. The van der Waals surface area contributed by atoms with Crippen molar-refractivity contribution < 1.29 is 4.57 Å². The Bertz CT molecular complexity index is 1340. The van der Waals surface area contributed by atoms with Crippen LogP contribution in [0.5, 0.6) is 0 Å². The molecular weight excluding hydrogens is 327 g/mol. The Morgan fingerprint density at radius 2 is 1.52 bits per heavy atom. The van der Waals surface area contributed by atoms with Gasteiger partial charge in [-0.2, -0.15) is 0 Å². The summed E-state index contributed by atoms with van der Waals surface area (Å²) in [5.74, 6) is 0. The number of rotatable bonds is 1. The molecule has 5 rings (SSSR count). The summed E-state index contributed by atoms with van der Waals surface area (Å²) in [5.41, 5.74) is 4.06.